The lowest BCUT2D eigenvalue weighted by Crippen LogP contribution is -2.49. The van der Waals surface area contributed by atoms with Crippen molar-refractivity contribution in [3.63, 3.8) is 0 Å². The van der Waals surface area contributed by atoms with E-state index < -0.39 is 0 Å². The molecule has 1 heterocycles. The molecule has 7 heteroatoms. The minimum absolute atomic E-state index is 0. The fourth-order valence-electron chi connectivity index (χ4n) is 2.58. The van der Waals surface area contributed by atoms with E-state index in [1.165, 1.54) is 0 Å². The van der Waals surface area contributed by atoms with Crippen LogP contribution >= 0.6 is 24.8 Å². The smallest absolute Gasteiger partial charge is 0.224 e. The van der Waals surface area contributed by atoms with Crippen molar-refractivity contribution in [3.8, 4) is 0 Å². The molecule has 1 atom stereocenters. The number of halogens is 2. The Morgan fingerprint density at radius 2 is 1.78 bits per heavy atom. The standard InChI is InChI=1S/C16H25N3O2.2ClH/c1-21-12-11-18-7-9-19(10-8-18)16(20)13-15(17)14-5-3-2-4-6-14;;/h2-6,15H,7-13,17H2,1H3;2*1H. The molecule has 1 amide bonds. The molecular weight excluding hydrogens is 337 g/mol. The molecule has 1 aromatic carbocycles. The van der Waals surface area contributed by atoms with Gasteiger partial charge in [0.15, 0.2) is 0 Å². The summed E-state index contributed by atoms with van der Waals surface area (Å²) in [6, 6.07) is 9.59. The number of hydrogen-bond donors (Lipinski definition) is 1. The number of ether oxygens (including phenoxy) is 1. The van der Waals surface area contributed by atoms with E-state index in [-0.39, 0.29) is 36.8 Å². The van der Waals surface area contributed by atoms with Crippen molar-refractivity contribution in [2.45, 2.75) is 12.5 Å². The Kier molecular flexibility index (Phi) is 11.2. The summed E-state index contributed by atoms with van der Waals surface area (Å²) in [6.45, 7) is 5.06. The van der Waals surface area contributed by atoms with Gasteiger partial charge >= 0.3 is 0 Å². The second-order valence-electron chi connectivity index (χ2n) is 5.44. The first kappa shape index (κ1) is 22.1. The molecule has 1 fully saturated rings. The SMILES string of the molecule is COCCN1CCN(C(=O)CC(N)c2ccccc2)CC1.Cl.Cl. The average molecular weight is 364 g/mol. The molecule has 0 aromatic heterocycles. The molecule has 0 aliphatic carbocycles. The predicted octanol–water partition coefficient (Wildman–Crippen LogP) is 1.71. The van der Waals surface area contributed by atoms with Crippen LogP contribution in [0.4, 0.5) is 0 Å². The van der Waals surface area contributed by atoms with Crippen molar-refractivity contribution in [2.75, 3.05) is 46.4 Å². The lowest BCUT2D eigenvalue weighted by atomic mass is 10.0. The molecule has 0 radical (unpaired) electrons. The Bertz CT molecular complexity index is 440. The van der Waals surface area contributed by atoms with Crippen LogP contribution < -0.4 is 5.73 Å². The van der Waals surface area contributed by atoms with Crippen molar-refractivity contribution in [1.29, 1.82) is 0 Å². The molecule has 5 nitrogen and oxygen atoms in total. The highest BCUT2D eigenvalue weighted by Gasteiger charge is 2.22. The number of carbonyl (C=O) groups excluding carboxylic acids is 1. The first-order valence-corrected chi connectivity index (χ1v) is 7.50. The normalized spacial score (nSPS) is 16.2. The lowest BCUT2D eigenvalue weighted by molar-refractivity contribution is -0.133. The monoisotopic (exact) mass is 363 g/mol. The molecule has 1 unspecified atom stereocenters. The van der Waals surface area contributed by atoms with E-state index in [2.05, 4.69) is 4.90 Å². The molecule has 23 heavy (non-hydrogen) atoms. The fourth-order valence-corrected chi connectivity index (χ4v) is 2.58. The minimum Gasteiger partial charge on any atom is -0.383 e. The Labute approximate surface area is 151 Å². The summed E-state index contributed by atoms with van der Waals surface area (Å²) in [7, 11) is 1.71. The topological polar surface area (TPSA) is 58.8 Å². The Balaban J connectivity index is 0.00000242. The number of amides is 1. The van der Waals surface area contributed by atoms with Crippen LogP contribution in [0.2, 0.25) is 0 Å². The van der Waals surface area contributed by atoms with Crippen LogP contribution in [0.15, 0.2) is 30.3 Å². The number of nitrogens with two attached hydrogens (primary N) is 1. The first-order valence-electron chi connectivity index (χ1n) is 7.50. The third kappa shape index (κ3) is 7.06. The Morgan fingerprint density at radius 1 is 1.17 bits per heavy atom. The third-order valence-electron chi connectivity index (χ3n) is 3.96. The van der Waals surface area contributed by atoms with E-state index in [0.717, 1.165) is 44.9 Å². The maximum absolute atomic E-state index is 12.3. The Morgan fingerprint density at radius 3 is 2.35 bits per heavy atom. The maximum atomic E-state index is 12.3. The zero-order valence-electron chi connectivity index (χ0n) is 13.5. The highest BCUT2D eigenvalue weighted by atomic mass is 35.5. The predicted molar refractivity (Wildman–Crippen MR) is 97.4 cm³/mol. The van der Waals surface area contributed by atoms with Gasteiger partial charge in [0.25, 0.3) is 0 Å². The molecule has 132 valence electrons. The van der Waals surface area contributed by atoms with Crippen molar-refractivity contribution in [3.05, 3.63) is 35.9 Å². The van der Waals surface area contributed by atoms with Crippen LogP contribution in [0.1, 0.15) is 18.0 Å². The number of benzene rings is 1. The Hall–Kier alpha value is -0.850. The van der Waals surface area contributed by atoms with Crippen molar-refractivity contribution < 1.29 is 9.53 Å². The minimum atomic E-state index is -0.217. The van der Waals surface area contributed by atoms with Crippen LogP contribution in [0.5, 0.6) is 0 Å². The van der Waals surface area contributed by atoms with Crippen molar-refractivity contribution in [2.24, 2.45) is 5.73 Å². The molecular formula is C16H27Cl2N3O2. The van der Waals surface area contributed by atoms with E-state index in [4.69, 9.17) is 10.5 Å². The van der Waals surface area contributed by atoms with E-state index in [0.29, 0.717) is 6.42 Å². The largest absolute Gasteiger partial charge is 0.383 e. The molecule has 0 bridgehead atoms. The maximum Gasteiger partial charge on any atom is 0.224 e. The lowest BCUT2D eigenvalue weighted by Gasteiger charge is -2.35. The summed E-state index contributed by atoms with van der Waals surface area (Å²) >= 11 is 0. The molecule has 1 aliphatic heterocycles. The molecule has 0 saturated carbocycles. The van der Waals surface area contributed by atoms with Crippen LogP contribution in [0.25, 0.3) is 0 Å². The van der Waals surface area contributed by atoms with Gasteiger partial charge in [-0.05, 0) is 5.56 Å². The molecule has 0 spiro atoms. The van der Waals surface area contributed by atoms with Gasteiger partial charge in [0, 0.05) is 52.3 Å². The van der Waals surface area contributed by atoms with Gasteiger partial charge in [-0.25, -0.2) is 0 Å². The van der Waals surface area contributed by atoms with Crippen LogP contribution in [-0.4, -0.2) is 62.1 Å². The van der Waals surface area contributed by atoms with E-state index in [9.17, 15) is 4.79 Å². The fraction of sp³-hybridized carbons (Fsp3) is 0.562. The first-order chi connectivity index (χ1) is 10.2. The van der Waals surface area contributed by atoms with Crippen LogP contribution in [0.3, 0.4) is 0 Å². The van der Waals surface area contributed by atoms with Gasteiger partial charge in [0.05, 0.1) is 6.61 Å². The van der Waals surface area contributed by atoms with Gasteiger partial charge in [0.2, 0.25) is 5.91 Å². The van der Waals surface area contributed by atoms with Gasteiger partial charge in [-0.2, -0.15) is 0 Å². The number of nitrogens with zero attached hydrogens (tertiary/aromatic N) is 2. The number of carbonyl (C=O) groups is 1. The summed E-state index contributed by atoms with van der Waals surface area (Å²) in [5.41, 5.74) is 7.14. The zero-order valence-corrected chi connectivity index (χ0v) is 15.2. The van der Waals surface area contributed by atoms with Crippen LogP contribution in [0, 0.1) is 0 Å². The number of rotatable bonds is 6. The molecule has 2 N–H and O–H groups in total. The average Bonchev–Trinajstić information content (AvgIpc) is 2.54. The van der Waals surface area contributed by atoms with Gasteiger partial charge < -0.3 is 15.4 Å². The summed E-state index contributed by atoms with van der Waals surface area (Å²) in [5, 5.41) is 0. The number of methoxy groups -OCH3 is 1. The molecule has 1 saturated heterocycles. The number of piperazine rings is 1. The van der Waals surface area contributed by atoms with Gasteiger partial charge in [-0.1, -0.05) is 30.3 Å². The quantitative estimate of drug-likeness (QED) is 0.835. The van der Waals surface area contributed by atoms with Gasteiger partial charge in [0.1, 0.15) is 0 Å². The van der Waals surface area contributed by atoms with Crippen LogP contribution in [-0.2, 0) is 9.53 Å². The second-order valence-corrected chi connectivity index (χ2v) is 5.44. The van der Waals surface area contributed by atoms with E-state index in [1.54, 1.807) is 7.11 Å². The summed E-state index contributed by atoms with van der Waals surface area (Å²) in [5.74, 6) is 0.151. The molecule has 1 aromatic rings. The summed E-state index contributed by atoms with van der Waals surface area (Å²) in [6.07, 6.45) is 0.377. The van der Waals surface area contributed by atoms with Gasteiger partial charge in [-0.3, -0.25) is 9.69 Å². The zero-order chi connectivity index (χ0) is 15.1. The second kappa shape index (κ2) is 11.6. The van der Waals surface area contributed by atoms with E-state index in [1.807, 2.05) is 35.2 Å². The summed E-state index contributed by atoms with van der Waals surface area (Å²) in [4.78, 5) is 16.6. The molecule has 2 rings (SSSR count). The number of hydrogen-bond acceptors (Lipinski definition) is 4. The van der Waals surface area contributed by atoms with Gasteiger partial charge in [-0.15, -0.1) is 24.8 Å². The highest BCUT2D eigenvalue weighted by Crippen LogP contribution is 2.15. The summed E-state index contributed by atoms with van der Waals surface area (Å²) < 4.78 is 5.08. The van der Waals surface area contributed by atoms with E-state index >= 15 is 0 Å². The van der Waals surface area contributed by atoms with Crippen molar-refractivity contribution in [1.82, 2.24) is 9.80 Å². The highest BCUT2D eigenvalue weighted by molar-refractivity contribution is 5.85. The van der Waals surface area contributed by atoms with Crippen molar-refractivity contribution >= 4 is 30.7 Å². The third-order valence-corrected chi connectivity index (χ3v) is 3.96. The molecule has 1 aliphatic rings.